The quantitative estimate of drug-likeness (QED) is 0.447. The summed E-state index contributed by atoms with van der Waals surface area (Å²) in [5.41, 5.74) is 6.25. The van der Waals surface area contributed by atoms with E-state index < -0.39 is 0 Å². The minimum atomic E-state index is 0.830. The Balaban J connectivity index is 0.000000126. The Morgan fingerprint density at radius 1 is 0.800 bits per heavy atom. The third-order valence-corrected chi connectivity index (χ3v) is 5.28. The van der Waals surface area contributed by atoms with Crippen LogP contribution in [0.2, 0.25) is 0 Å². The molecule has 1 N–H and O–H groups in total. The summed E-state index contributed by atoms with van der Waals surface area (Å²) < 4.78 is 2.40. The summed E-state index contributed by atoms with van der Waals surface area (Å²) in [6.07, 6.45) is 9.22. The number of para-hydroxylation sites is 1. The van der Waals surface area contributed by atoms with Crippen LogP contribution >= 0.6 is 0 Å². The van der Waals surface area contributed by atoms with Crippen molar-refractivity contribution in [2.75, 3.05) is 0 Å². The zero-order valence-corrected chi connectivity index (χ0v) is 14.5. The SMILES string of the molecule is ON=C1CCCc2ccccc21.c1cc2c3c(c1)ccn3CCCC2. The van der Waals surface area contributed by atoms with E-state index in [2.05, 4.69) is 46.3 Å². The Morgan fingerprint density at radius 3 is 2.56 bits per heavy atom. The third-order valence-electron chi connectivity index (χ3n) is 5.28. The molecule has 128 valence electrons. The van der Waals surface area contributed by atoms with Gasteiger partial charge in [-0.25, -0.2) is 0 Å². The van der Waals surface area contributed by atoms with Crippen molar-refractivity contribution in [3.8, 4) is 0 Å². The van der Waals surface area contributed by atoms with Crippen LogP contribution in [0.3, 0.4) is 0 Å². The number of rotatable bonds is 0. The summed E-state index contributed by atoms with van der Waals surface area (Å²) in [5.74, 6) is 0. The lowest BCUT2D eigenvalue weighted by molar-refractivity contribution is 0.317. The minimum Gasteiger partial charge on any atom is -0.411 e. The summed E-state index contributed by atoms with van der Waals surface area (Å²) >= 11 is 0. The molecule has 1 aromatic heterocycles. The summed E-state index contributed by atoms with van der Waals surface area (Å²) in [5, 5.41) is 13.4. The van der Waals surface area contributed by atoms with Gasteiger partial charge < -0.3 is 9.77 Å². The van der Waals surface area contributed by atoms with E-state index in [9.17, 15) is 0 Å². The molecule has 2 heterocycles. The zero-order chi connectivity index (χ0) is 17.1. The first kappa shape index (κ1) is 15.9. The fourth-order valence-corrected chi connectivity index (χ4v) is 4.03. The van der Waals surface area contributed by atoms with E-state index in [1.807, 2.05) is 18.2 Å². The van der Waals surface area contributed by atoms with Crippen LogP contribution in [0.15, 0.2) is 59.9 Å². The first-order valence-corrected chi connectivity index (χ1v) is 9.23. The smallest absolute Gasteiger partial charge is 0.0870 e. The fraction of sp³-hybridized carbons (Fsp3) is 0.318. The average molecular weight is 332 g/mol. The molecular formula is C22H24N2O. The van der Waals surface area contributed by atoms with Crippen molar-refractivity contribution in [3.63, 3.8) is 0 Å². The van der Waals surface area contributed by atoms with E-state index in [-0.39, 0.29) is 0 Å². The van der Waals surface area contributed by atoms with Gasteiger partial charge in [0, 0.05) is 18.3 Å². The van der Waals surface area contributed by atoms with Crippen molar-refractivity contribution in [2.45, 2.75) is 45.1 Å². The van der Waals surface area contributed by atoms with Gasteiger partial charge in [-0.15, -0.1) is 0 Å². The Morgan fingerprint density at radius 2 is 1.64 bits per heavy atom. The summed E-state index contributed by atoms with van der Waals surface area (Å²) in [6.45, 7) is 1.19. The highest BCUT2D eigenvalue weighted by molar-refractivity contribution is 6.02. The van der Waals surface area contributed by atoms with Gasteiger partial charge in [-0.05, 0) is 61.1 Å². The van der Waals surface area contributed by atoms with E-state index in [0.717, 1.165) is 30.5 Å². The second-order valence-electron chi connectivity index (χ2n) is 6.88. The van der Waals surface area contributed by atoms with Crippen LogP contribution in [0.25, 0.3) is 10.9 Å². The van der Waals surface area contributed by atoms with Gasteiger partial charge >= 0.3 is 0 Å². The van der Waals surface area contributed by atoms with Gasteiger partial charge in [0.25, 0.3) is 0 Å². The van der Waals surface area contributed by atoms with Crippen molar-refractivity contribution < 1.29 is 5.21 Å². The van der Waals surface area contributed by atoms with Crippen LogP contribution in [0, 0.1) is 0 Å². The van der Waals surface area contributed by atoms with Crippen LogP contribution in [-0.4, -0.2) is 15.5 Å². The van der Waals surface area contributed by atoms with Crippen LogP contribution in [0.5, 0.6) is 0 Å². The molecule has 2 aliphatic rings. The van der Waals surface area contributed by atoms with Crippen LogP contribution in [0.1, 0.15) is 42.4 Å². The van der Waals surface area contributed by atoms with Crippen molar-refractivity contribution in [2.24, 2.45) is 5.16 Å². The maximum Gasteiger partial charge on any atom is 0.0870 e. The third kappa shape index (κ3) is 3.19. The standard InChI is InChI=1S/C12H13N.C10H11NO/c1-2-8-13-9-7-11-6-3-5-10(4-1)12(11)13;12-11-10-7-3-5-8-4-1-2-6-9(8)10/h3,5-7,9H,1-2,4,8H2;1-2,4,6,12H,3,5,7H2. The number of fused-ring (bicyclic) bond motifs is 1. The molecule has 0 atom stereocenters. The number of benzene rings is 2. The molecule has 1 aliphatic heterocycles. The molecule has 2 aromatic carbocycles. The summed E-state index contributed by atoms with van der Waals surface area (Å²) in [6, 6.07) is 17.0. The van der Waals surface area contributed by atoms with Gasteiger partial charge in [0.2, 0.25) is 0 Å². The van der Waals surface area contributed by atoms with Crippen molar-refractivity contribution in [1.82, 2.24) is 4.57 Å². The monoisotopic (exact) mass is 332 g/mol. The highest BCUT2D eigenvalue weighted by Crippen LogP contribution is 2.25. The van der Waals surface area contributed by atoms with Gasteiger partial charge in [0.1, 0.15) is 0 Å². The predicted molar refractivity (Wildman–Crippen MR) is 103 cm³/mol. The Bertz CT molecular complexity index is 907. The second-order valence-corrected chi connectivity index (χ2v) is 6.88. The molecule has 0 fully saturated rings. The summed E-state index contributed by atoms with van der Waals surface area (Å²) in [4.78, 5) is 0. The van der Waals surface area contributed by atoms with Crippen molar-refractivity contribution in [1.29, 1.82) is 0 Å². The number of hydrogen-bond acceptors (Lipinski definition) is 2. The zero-order valence-electron chi connectivity index (χ0n) is 14.5. The number of oxime groups is 1. The molecule has 25 heavy (non-hydrogen) atoms. The first-order valence-electron chi connectivity index (χ1n) is 9.23. The first-order chi connectivity index (χ1) is 12.4. The predicted octanol–water partition coefficient (Wildman–Crippen LogP) is 5.18. The summed E-state index contributed by atoms with van der Waals surface area (Å²) in [7, 11) is 0. The second kappa shape index (κ2) is 7.14. The highest BCUT2D eigenvalue weighted by atomic mass is 16.4. The van der Waals surface area contributed by atoms with Crippen molar-refractivity contribution >= 4 is 16.6 Å². The molecule has 0 bridgehead atoms. The van der Waals surface area contributed by atoms with E-state index >= 15 is 0 Å². The number of aryl methyl sites for hydroxylation is 3. The van der Waals surface area contributed by atoms with Crippen LogP contribution in [0.4, 0.5) is 0 Å². The number of hydrogen-bond donors (Lipinski definition) is 1. The molecule has 3 aromatic rings. The van der Waals surface area contributed by atoms with Gasteiger partial charge in [0.05, 0.1) is 11.2 Å². The Kier molecular flexibility index (Phi) is 4.55. The minimum absolute atomic E-state index is 0.830. The normalized spacial score (nSPS) is 17.5. The largest absolute Gasteiger partial charge is 0.411 e. The highest BCUT2D eigenvalue weighted by Gasteiger charge is 2.14. The Labute approximate surface area is 148 Å². The molecule has 0 unspecified atom stereocenters. The average Bonchev–Trinajstić information content (AvgIpc) is 2.97. The molecule has 0 saturated heterocycles. The molecule has 0 saturated carbocycles. The lowest BCUT2D eigenvalue weighted by atomic mass is 9.90. The molecule has 0 spiro atoms. The number of nitrogens with zero attached hydrogens (tertiary/aromatic N) is 2. The molecule has 1 aliphatic carbocycles. The van der Waals surface area contributed by atoms with E-state index in [0.29, 0.717) is 0 Å². The maximum absolute atomic E-state index is 8.73. The van der Waals surface area contributed by atoms with Gasteiger partial charge in [-0.1, -0.05) is 47.6 Å². The van der Waals surface area contributed by atoms with Gasteiger partial charge in [0.15, 0.2) is 0 Å². The number of aromatic nitrogens is 1. The van der Waals surface area contributed by atoms with E-state index in [4.69, 9.17) is 5.21 Å². The Hall–Kier alpha value is -2.55. The molecule has 0 radical (unpaired) electrons. The van der Waals surface area contributed by atoms with Gasteiger partial charge in [-0.2, -0.15) is 0 Å². The molecule has 3 nitrogen and oxygen atoms in total. The topological polar surface area (TPSA) is 37.5 Å². The lowest BCUT2D eigenvalue weighted by Crippen LogP contribution is -2.11. The fourth-order valence-electron chi connectivity index (χ4n) is 4.03. The van der Waals surface area contributed by atoms with Crippen molar-refractivity contribution in [3.05, 3.63) is 71.4 Å². The molecule has 3 heteroatoms. The molecular weight excluding hydrogens is 308 g/mol. The molecule has 0 amide bonds. The molecule has 5 rings (SSSR count). The van der Waals surface area contributed by atoms with Crippen LogP contribution < -0.4 is 0 Å². The lowest BCUT2D eigenvalue weighted by Gasteiger charge is -2.15. The van der Waals surface area contributed by atoms with E-state index in [1.54, 1.807) is 0 Å². The van der Waals surface area contributed by atoms with Gasteiger partial charge in [-0.3, -0.25) is 0 Å². The van der Waals surface area contributed by atoms with Crippen LogP contribution in [-0.2, 0) is 19.4 Å². The maximum atomic E-state index is 8.73. The van der Waals surface area contributed by atoms with E-state index in [1.165, 1.54) is 47.8 Å².